The van der Waals surface area contributed by atoms with Gasteiger partial charge in [-0.15, -0.1) is 0 Å². The Kier molecular flexibility index (Phi) is 3.16. The van der Waals surface area contributed by atoms with Crippen LogP contribution in [0.5, 0.6) is 0 Å². The average Bonchev–Trinajstić information content (AvgIpc) is 2.88. The van der Waals surface area contributed by atoms with Crippen LogP contribution in [0.2, 0.25) is 0 Å². The van der Waals surface area contributed by atoms with Crippen LogP contribution >= 0.6 is 0 Å². The number of aryl methyl sites for hydroxylation is 2. The predicted octanol–water partition coefficient (Wildman–Crippen LogP) is 1.85. The van der Waals surface area contributed by atoms with Gasteiger partial charge in [0, 0.05) is 25.9 Å². The van der Waals surface area contributed by atoms with Crippen molar-refractivity contribution in [3.8, 4) is 11.5 Å². The molecule has 1 aromatic carbocycles. The lowest BCUT2D eigenvalue weighted by Gasteiger charge is -2.10. The number of carbonyl (C=O) groups excluding carboxylic acids is 1. The molecule has 0 aliphatic carbocycles. The summed E-state index contributed by atoms with van der Waals surface area (Å²) in [5.41, 5.74) is 2.17. The van der Waals surface area contributed by atoms with Gasteiger partial charge >= 0.3 is 0 Å². The van der Waals surface area contributed by atoms with Gasteiger partial charge in [0.15, 0.2) is 11.6 Å². The Bertz CT molecular complexity index is 966. The minimum atomic E-state index is -0.183. The van der Waals surface area contributed by atoms with E-state index in [0.717, 1.165) is 5.56 Å². The quantitative estimate of drug-likeness (QED) is 0.677. The van der Waals surface area contributed by atoms with Gasteiger partial charge in [-0.25, -0.2) is 4.98 Å². The summed E-state index contributed by atoms with van der Waals surface area (Å²) in [5.74, 6) is 0.339. The lowest BCUT2D eigenvalue weighted by molar-refractivity contribution is 0.101. The molecule has 6 nitrogen and oxygen atoms in total. The highest BCUT2D eigenvalue weighted by atomic mass is 16.1. The number of aromatic nitrogens is 4. The molecule has 0 saturated carbocycles. The van der Waals surface area contributed by atoms with Gasteiger partial charge in [0.2, 0.25) is 0 Å². The summed E-state index contributed by atoms with van der Waals surface area (Å²) in [6.45, 7) is 3.34. The van der Waals surface area contributed by atoms with E-state index >= 15 is 0 Å². The smallest absolute Gasteiger partial charge is 0.261 e. The van der Waals surface area contributed by atoms with Crippen molar-refractivity contribution >= 4 is 16.7 Å². The fraction of sp³-hybridized carbons (Fsp3) is 0.250. The molecule has 0 unspecified atom stereocenters. The van der Waals surface area contributed by atoms with Gasteiger partial charge in [-0.2, -0.15) is 5.10 Å². The Labute approximate surface area is 127 Å². The van der Waals surface area contributed by atoms with Crippen molar-refractivity contribution in [2.45, 2.75) is 13.8 Å². The maximum Gasteiger partial charge on any atom is 0.261 e. The Morgan fingerprint density at radius 2 is 1.95 bits per heavy atom. The molecule has 0 aliphatic rings. The molecule has 0 amide bonds. The molecule has 2 heterocycles. The molecule has 3 rings (SSSR count). The Hall–Kier alpha value is -2.76. The maximum atomic E-state index is 12.6. The van der Waals surface area contributed by atoms with E-state index < -0.39 is 0 Å². The first-order valence-electron chi connectivity index (χ1n) is 6.91. The van der Waals surface area contributed by atoms with Gasteiger partial charge in [0.1, 0.15) is 5.69 Å². The topological polar surface area (TPSA) is 69.8 Å². The van der Waals surface area contributed by atoms with Crippen LogP contribution < -0.4 is 5.56 Å². The average molecular weight is 296 g/mol. The van der Waals surface area contributed by atoms with Crippen molar-refractivity contribution in [3.05, 3.63) is 45.9 Å². The minimum absolute atomic E-state index is 0.110. The maximum absolute atomic E-state index is 12.6. The summed E-state index contributed by atoms with van der Waals surface area (Å²) < 4.78 is 3.11. The first-order valence-corrected chi connectivity index (χ1v) is 6.91. The fourth-order valence-corrected chi connectivity index (χ4v) is 2.55. The highest BCUT2D eigenvalue weighted by Gasteiger charge is 2.16. The largest absolute Gasteiger partial charge is 0.294 e. The van der Waals surface area contributed by atoms with E-state index in [1.54, 1.807) is 43.2 Å². The summed E-state index contributed by atoms with van der Waals surface area (Å²) >= 11 is 0. The molecule has 22 heavy (non-hydrogen) atoms. The SMILES string of the molecule is CC(=O)c1cc(C)cc2c(=O)n(C)c(-c3ccn(C)n3)nc12. The van der Waals surface area contributed by atoms with E-state index in [4.69, 9.17) is 0 Å². The molecule has 0 bridgehead atoms. The molecular weight excluding hydrogens is 280 g/mol. The summed E-state index contributed by atoms with van der Waals surface area (Å²) in [6.07, 6.45) is 1.78. The van der Waals surface area contributed by atoms with Crippen LogP contribution in [-0.4, -0.2) is 25.1 Å². The van der Waals surface area contributed by atoms with E-state index in [1.807, 2.05) is 6.92 Å². The van der Waals surface area contributed by atoms with Crippen LogP contribution in [0, 0.1) is 6.92 Å². The lowest BCUT2D eigenvalue weighted by atomic mass is 10.0. The van der Waals surface area contributed by atoms with Crippen LogP contribution in [0.4, 0.5) is 0 Å². The summed E-state index contributed by atoms with van der Waals surface area (Å²) in [4.78, 5) is 29.1. The van der Waals surface area contributed by atoms with Crippen LogP contribution in [-0.2, 0) is 14.1 Å². The van der Waals surface area contributed by atoms with E-state index in [9.17, 15) is 9.59 Å². The number of ketones is 1. The molecule has 0 atom stereocenters. The molecule has 0 fully saturated rings. The second kappa shape index (κ2) is 4.91. The third-order valence-electron chi connectivity index (χ3n) is 3.65. The van der Waals surface area contributed by atoms with E-state index in [1.165, 1.54) is 11.5 Å². The summed E-state index contributed by atoms with van der Waals surface area (Å²) in [7, 11) is 3.46. The molecular formula is C16H16N4O2. The number of benzene rings is 1. The molecule has 112 valence electrons. The van der Waals surface area contributed by atoms with Gasteiger partial charge in [-0.05, 0) is 37.6 Å². The summed E-state index contributed by atoms with van der Waals surface area (Å²) in [6, 6.07) is 5.31. The molecule has 0 N–H and O–H groups in total. The lowest BCUT2D eigenvalue weighted by Crippen LogP contribution is -2.21. The zero-order valence-corrected chi connectivity index (χ0v) is 12.9. The first-order chi connectivity index (χ1) is 10.4. The molecule has 0 radical (unpaired) electrons. The minimum Gasteiger partial charge on any atom is -0.294 e. The van der Waals surface area contributed by atoms with Crippen molar-refractivity contribution in [2.24, 2.45) is 14.1 Å². The Morgan fingerprint density at radius 1 is 1.23 bits per heavy atom. The first kappa shape index (κ1) is 14.2. The zero-order valence-electron chi connectivity index (χ0n) is 12.9. The monoisotopic (exact) mass is 296 g/mol. The van der Waals surface area contributed by atoms with Crippen LogP contribution in [0.3, 0.4) is 0 Å². The standard InChI is InChI=1S/C16H16N4O2/c1-9-7-11(10(2)21)14-12(8-9)16(22)20(4)15(17-14)13-5-6-19(3)18-13/h5-8H,1-4H3. The van der Waals surface area contributed by atoms with Crippen molar-refractivity contribution in [1.82, 2.24) is 19.3 Å². The van der Waals surface area contributed by atoms with Gasteiger partial charge in [-0.1, -0.05) is 0 Å². The number of hydrogen-bond acceptors (Lipinski definition) is 4. The molecule has 0 saturated heterocycles. The number of carbonyl (C=O) groups is 1. The van der Waals surface area contributed by atoms with Crippen LogP contribution in [0.25, 0.3) is 22.4 Å². The van der Waals surface area contributed by atoms with Gasteiger partial charge in [0.05, 0.1) is 10.9 Å². The number of rotatable bonds is 2. The van der Waals surface area contributed by atoms with E-state index in [2.05, 4.69) is 10.1 Å². The number of nitrogens with zero attached hydrogens (tertiary/aromatic N) is 4. The fourth-order valence-electron chi connectivity index (χ4n) is 2.55. The molecule has 0 aliphatic heterocycles. The van der Waals surface area contributed by atoms with E-state index in [-0.39, 0.29) is 11.3 Å². The normalized spacial score (nSPS) is 11.1. The third-order valence-corrected chi connectivity index (χ3v) is 3.65. The Morgan fingerprint density at radius 3 is 2.55 bits per heavy atom. The second-order valence-electron chi connectivity index (χ2n) is 5.44. The summed E-state index contributed by atoms with van der Waals surface area (Å²) in [5, 5.41) is 4.74. The molecule has 3 aromatic rings. The molecule has 6 heteroatoms. The predicted molar refractivity (Wildman–Crippen MR) is 83.9 cm³/mol. The van der Waals surface area contributed by atoms with Gasteiger partial charge in [0.25, 0.3) is 5.56 Å². The zero-order chi connectivity index (χ0) is 16.0. The Balaban J connectivity index is 2.45. The van der Waals surface area contributed by atoms with Crippen molar-refractivity contribution in [3.63, 3.8) is 0 Å². The van der Waals surface area contributed by atoms with Crippen molar-refractivity contribution in [1.29, 1.82) is 0 Å². The van der Waals surface area contributed by atoms with Crippen molar-refractivity contribution in [2.75, 3.05) is 0 Å². The van der Waals surface area contributed by atoms with Crippen molar-refractivity contribution < 1.29 is 4.79 Å². The highest BCUT2D eigenvalue weighted by Crippen LogP contribution is 2.21. The number of Topliss-reactive ketones (excluding diaryl/α,β-unsaturated/α-hetero) is 1. The highest BCUT2D eigenvalue weighted by molar-refractivity contribution is 6.05. The van der Waals surface area contributed by atoms with Crippen LogP contribution in [0.1, 0.15) is 22.8 Å². The van der Waals surface area contributed by atoms with E-state index in [0.29, 0.717) is 28.0 Å². The number of hydrogen-bond donors (Lipinski definition) is 0. The molecule has 2 aromatic heterocycles. The second-order valence-corrected chi connectivity index (χ2v) is 5.44. The van der Waals surface area contributed by atoms with Gasteiger partial charge in [-0.3, -0.25) is 18.8 Å². The number of fused-ring (bicyclic) bond motifs is 1. The van der Waals surface area contributed by atoms with Crippen LogP contribution in [0.15, 0.2) is 29.2 Å². The van der Waals surface area contributed by atoms with Gasteiger partial charge < -0.3 is 0 Å². The molecule has 0 spiro atoms. The third kappa shape index (κ3) is 2.13.